The molecule has 7 nitrogen and oxygen atoms in total. The highest BCUT2D eigenvalue weighted by Gasteiger charge is 2.40. The molecule has 0 bridgehead atoms. The molecule has 0 spiro atoms. The minimum absolute atomic E-state index is 0.00314. The number of rotatable bonds is 6. The van der Waals surface area contributed by atoms with Crippen LogP contribution < -0.4 is 15.1 Å². The van der Waals surface area contributed by atoms with E-state index in [-0.39, 0.29) is 30.3 Å². The molecule has 0 radical (unpaired) electrons. The fraction of sp³-hybridized carbons (Fsp3) is 0.444. The van der Waals surface area contributed by atoms with E-state index >= 15 is 0 Å². The van der Waals surface area contributed by atoms with Gasteiger partial charge in [-0.25, -0.2) is 0 Å². The fourth-order valence-electron chi connectivity index (χ4n) is 5.30. The zero-order chi connectivity index (χ0) is 24.4. The summed E-state index contributed by atoms with van der Waals surface area (Å²) in [6, 6.07) is 13.5. The Bertz CT molecular complexity index is 1110. The normalized spacial score (nSPS) is 19.4. The van der Waals surface area contributed by atoms with E-state index in [1.165, 1.54) is 4.90 Å². The number of carbonyl (C=O) groups excluding carboxylic acids is 3. The first kappa shape index (κ1) is 23.7. The van der Waals surface area contributed by atoms with Crippen molar-refractivity contribution >= 4 is 40.9 Å². The van der Waals surface area contributed by atoms with Gasteiger partial charge in [-0.05, 0) is 74.3 Å². The highest BCUT2D eigenvalue weighted by atomic mass is 32.2. The van der Waals surface area contributed by atoms with Gasteiger partial charge in [0.2, 0.25) is 11.8 Å². The Labute approximate surface area is 210 Å². The van der Waals surface area contributed by atoms with E-state index in [1.54, 1.807) is 16.7 Å². The number of carbonyl (C=O) groups is 3. The zero-order valence-corrected chi connectivity index (χ0v) is 21.0. The van der Waals surface area contributed by atoms with Crippen LogP contribution in [0.25, 0.3) is 0 Å². The van der Waals surface area contributed by atoms with Crippen molar-refractivity contribution in [2.75, 3.05) is 42.2 Å². The molecule has 0 aliphatic carbocycles. The smallest absolute Gasteiger partial charge is 0.253 e. The third-order valence-corrected chi connectivity index (χ3v) is 7.96. The predicted molar refractivity (Wildman–Crippen MR) is 139 cm³/mol. The second-order valence-electron chi connectivity index (χ2n) is 9.46. The van der Waals surface area contributed by atoms with Gasteiger partial charge in [0.1, 0.15) is 12.6 Å². The van der Waals surface area contributed by atoms with Crippen molar-refractivity contribution < 1.29 is 14.4 Å². The van der Waals surface area contributed by atoms with Gasteiger partial charge in [-0.2, -0.15) is 0 Å². The molecule has 184 valence electrons. The molecular formula is C27H32N4O3S. The summed E-state index contributed by atoms with van der Waals surface area (Å²) in [5, 5.41) is 2.96. The summed E-state index contributed by atoms with van der Waals surface area (Å²) in [5.41, 5.74) is 3.19. The number of piperidine rings is 1. The lowest BCUT2D eigenvalue weighted by Gasteiger charge is -2.45. The van der Waals surface area contributed by atoms with Gasteiger partial charge in [0.15, 0.2) is 0 Å². The highest BCUT2D eigenvalue weighted by molar-refractivity contribution is 7.98. The molecule has 5 rings (SSSR count). The largest absolute Gasteiger partial charge is 0.358 e. The lowest BCUT2D eigenvalue weighted by Crippen LogP contribution is -2.57. The number of thioether (sulfide) groups is 1. The minimum Gasteiger partial charge on any atom is -0.358 e. The van der Waals surface area contributed by atoms with Gasteiger partial charge in [-0.1, -0.05) is 12.1 Å². The van der Waals surface area contributed by atoms with Gasteiger partial charge < -0.3 is 15.1 Å². The standard InChI is InChI=1S/C27H32N4O3S/c1-35-21-10-7-19(8-11-21)17-28-25(32)18-31-24-16-20(26(33)29-13-4-5-14-29)9-12-22(24)30-15-3-2-6-23(30)27(31)34/h7-12,16,23H,2-6,13-15,17-18H2,1H3,(H,28,32)/t23-/m1/s1. The van der Waals surface area contributed by atoms with Crippen molar-refractivity contribution in [1.29, 1.82) is 0 Å². The SMILES string of the molecule is CSc1ccc(CNC(=O)CN2C(=O)[C@H]3CCCCN3c3ccc(C(=O)N4CCCC4)cc32)cc1. The molecule has 0 aromatic heterocycles. The van der Waals surface area contributed by atoms with Gasteiger partial charge in [0.05, 0.1) is 11.4 Å². The molecule has 0 unspecified atom stereocenters. The molecule has 1 atom stereocenters. The van der Waals surface area contributed by atoms with E-state index in [2.05, 4.69) is 10.2 Å². The van der Waals surface area contributed by atoms with Gasteiger partial charge in [0.25, 0.3) is 5.91 Å². The number of fused-ring (bicyclic) bond motifs is 3. The average Bonchev–Trinajstić information content (AvgIpc) is 3.44. The molecule has 3 heterocycles. The number of amides is 3. The molecule has 3 aliphatic rings. The summed E-state index contributed by atoms with van der Waals surface area (Å²) in [7, 11) is 0. The van der Waals surface area contributed by atoms with Crippen LogP contribution in [0, 0.1) is 0 Å². The maximum Gasteiger partial charge on any atom is 0.253 e. The summed E-state index contributed by atoms with van der Waals surface area (Å²) in [5.74, 6) is -0.266. The first-order valence-corrected chi connectivity index (χ1v) is 13.7. The lowest BCUT2D eigenvalue weighted by molar-refractivity contribution is -0.125. The second-order valence-corrected chi connectivity index (χ2v) is 10.3. The Hall–Kier alpha value is -3.00. The van der Waals surface area contributed by atoms with Gasteiger partial charge in [-0.3, -0.25) is 19.3 Å². The number of nitrogens with zero attached hydrogens (tertiary/aromatic N) is 3. The van der Waals surface area contributed by atoms with Gasteiger partial charge in [0, 0.05) is 36.6 Å². The van der Waals surface area contributed by atoms with Crippen LogP contribution in [0.3, 0.4) is 0 Å². The number of likely N-dealkylation sites (tertiary alicyclic amines) is 1. The van der Waals surface area contributed by atoms with Crippen LogP contribution >= 0.6 is 11.8 Å². The van der Waals surface area contributed by atoms with E-state index < -0.39 is 0 Å². The number of hydrogen-bond acceptors (Lipinski definition) is 5. The van der Waals surface area contributed by atoms with E-state index in [0.717, 1.165) is 63.0 Å². The number of anilines is 2. The Kier molecular flexibility index (Phi) is 7.00. The van der Waals surface area contributed by atoms with Crippen molar-refractivity contribution in [1.82, 2.24) is 10.2 Å². The van der Waals surface area contributed by atoms with Crippen molar-refractivity contribution in [3.8, 4) is 0 Å². The molecule has 2 saturated heterocycles. The van der Waals surface area contributed by atoms with Gasteiger partial charge >= 0.3 is 0 Å². The molecule has 8 heteroatoms. The first-order valence-electron chi connectivity index (χ1n) is 12.5. The molecule has 2 fully saturated rings. The van der Waals surface area contributed by atoms with E-state index in [1.807, 2.05) is 53.6 Å². The highest BCUT2D eigenvalue weighted by Crippen LogP contribution is 2.40. The number of nitrogens with one attached hydrogen (secondary N) is 1. The maximum atomic E-state index is 13.5. The van der Waals surface area contributed by atoms with E-state index in [0.29, 0.717) is 17.8 Å². The summed E-state index contributed by atoms with van der Waals surface area (Å²) < 4.78 is 0. The van der Waals surface area contributed by atoms with Crippen molar-refractivity contribution in [2.24, 2.45) is 0 Å². The third-order valence-electron chi connectivity index (χ3n) is 7.22. The summed E-state index contributed by atoms with van der Waals surface area (Å²) in [6.07, 6.45) is 6.90. The second kappa shape index (κ2) is 10.3. The Balaban J connectivity index is 1.37. The van der Waals surface area contributed by atoms with Crippen LogP contribution in [0.2, 0.25) is 0 Å². The third kappa shape index (κ3) is 4.89. The van der Waals surface area contributed by atoms with Crippen LogP contribution in [0.15, 0.2) is 47.4 Å². The Morgan fingerprint density at radius 2 is 1.71 bits per heavy atom. The van der Waals surface area contributed by atoms with E-state index in [4.69, 9.17) is 0 Å². The van der Waals surface area contributed by atoms with Crippen LogP contribution in [-0.4, -0.2) is 61.1 Å². The monoisotopic (exact) mass is 492 g/mol. The molecule has 0 saturated carbocycles. The molecule has 1 N–H and O–H groups in total. The molecule has 3 aliphatic heterocycles. The van der Waals surface area contributed by atoms with E-state index in [9.17, 15) is 14.4 Å². The fourth-order valence-corrected chi connectivity index (χ4v) is 5.71. The summed E-state index contributed by atoms with van der Waals surface area (Å²) >= 11 is 1.68. The van der Waals surface area contributed by atoms with Crippen molar-refractivity contribution in [2.45, 2.75) is 49.6 Å². The van der Waals surface area contributed by atoms with Crippen LogP contribution in [0.5, 0.6) is 0 Å². The average molecular weight is 493 g/mol. The summed E-state index contributed by atoms with van der Waals surface area (Å²) in [6.45, 7) is 2.71. The molecule has 35 heavy (non-hydrogen) atoms. The first-order chi connectivity index (χ1) is 17.0. The molecular weight excluding hydrogens is 460 g/mol. The van der Waals surface area contributed by atoms with Crippen molar-refractivity contribution in [3.63, 3.8) is 0 Å². The Morgan fingerprint density at radius 3 is 2.46 bits per heavy atom. The quantitative estimate of drug-likeness (QED) is 0.623. The van der Waals surface area contributed by atoms with Gasteiger partial charge in [-0.15, -0.1) is 11.8 Å². The number of hydrogen-bond donors (Lipinski definition) is 1. The lowest BCUT2D eigenvalue weighted by atomic mass is 9.95. The summed E-state index contributed by atoms with van der Waals surface area (Å²) in [4.78, 5) is 46.4. The minimum atomic E-state index is -0.247. The zero-order valence-electron chi connectivity index (χ0n) is 20.2. The Morgan fingerprint density at radius 1 is 0.971 bits per heavy atom. The maximum absolute atomic E-state index is 13.5. The van der Waals surface area contributed by atoms with Crippen LogP contribution in [0.4, 0.5) is 11.4 Å². The van der Waals surface area contributed by atoms with Crippen LogP contribution in [-0.2, 0) is 16.1 Å². The molecule has 2 aromatic rings. The topological polar surface area (TPSA) is 73.0 Å². The predicted octanol–water partition coefficient (Wildman–Crippen LogP) is 3.67. The number of benzene rings is 2. The van der Waals surface area contributed by atoms with Crippen molar-refractivity contribution in [3.05, 3.63) is 53.6 Å². The molecule has 2 aromatic carbocycles. The molecule has 3 amide bonds. The van der Waals surface area contributed by atoms with Crippen LogP contribution in [0.1, 0.15) is 48.0 Å².